The molecule has 2 saturated heterocycles. The lowest BCUT2D eigenvalue weighted by molar-refractivity contribution is -0.123. The lowest BCUT2D eigenvalue weighted by Gasteiger charge is -2.36. The number of sulfonamides is 1. The second kappa shape index (κ2) is 8.41. The molecule has 134 valence electrons. The molecular formula is C15H29N3O4S. The van der Waals surface area contributed by atoms with Gasteiger partial charge in [-0.25, -0.2) is 8.42 Å². The molecule has 2 unspecified atom stereocenters. The van der Waals surface area contributed by atoms with E-state index in [1.807, 2.05) is 18.7 Å². The Morgan fingerprint density at radius 3 is 2.65 bits per heavy atom. The molecule has 0 bridgehead atoms. The van der Waals surface area contributed by atoms with Gasteiger partial charge in [0, 0.05) is 25.7 Å². The van der Waals surface area contributed by atoms with Crippen LogP contribution in [0.15, 0.2) is 0 Å². The van der Waals surface area contributed by atoms with Crippen LogP contribution in [-0.2, 0) is 19.6 Å². The van der Waals surface area contributed by atoms with Crippen LogP contribution in [0.5, 0.6) is 0 Å². The largest absolute Gasteiger partial charge is 0.379 e. The molecule has 2 atom stereocenters. The van der Waals surface area contributed by atoms with Gasteiger partial charge in [0.2, 0.25) is 15.9 Å². The monoisotopic (exact) mass is 347 g/mol. The van der Waals surface area contributed by atoms with Crippen LogP contribution < -0.4 is 5.32 Å². The molecule has 1 amide bonds. The summed E-state index contributed by atoms with van der Waals surface area (Å²) < 4.78 is 32.3. The molecule has 0 spiro atoms. The average Bonchev–Trinajstić information content (AvgIpc) is 2.55. The summed E-state index contributed by atoms with van der Waals surface area (Å²) in [6.45, 7) is 7.30. The normalized spacial score (nSPS) is 25.9. The van der Waals surface area contributed by atoms with Crippen molar-refractivity contribution in [2.75, 3.05) is 45.9 Å². The second-order valence-electron chi connectivity index (χ2n) is 6.43. The Bertz CT molecular complexity index is 491. The summed E-state index contributed by atoms with van der Waals surface area (Å²) in [6, 6.07) is 0.153. The molecule has 0 aliphatic carbocycles. The van der Waals surface area contributed by atoms with Gasteiger partial charge < -0.3 is 10.1 Å². The van der Waals surface area contributed by atoms with Crippen molar-refractivity contribution in [3.05, 3.63) is 0 Å². The van der Waals surface area contributed by atoms with Gasteiger partial charge in [0.05, 0.1) is 25.0 Å². The molecule has 0 aromatic carbocycles. The van der Waals surface area contributed by atoms with Gasteiger partial charge in [-0.1, -0.05) is 6.92 Å². The molecule has 2 heterocycles. The highest BCUT2D eigenvalue weighted by Gasteiger charge is 2.36. The third kappa shape index (κ3) is 5.14. The summed E-state index contributed by atoms with van der Waals surface area (Å²) >= 11 is 0. The Morgan fingerprint density at radius 2 is 2.00 bits per heavy atom. The van der Waals surface area contributed by atoms with Crippen LogP contribution in [0.4, 0.5) is 0 Å². The van der Waals surface area contributed by atoms with Crippen molar-refractivity contribution in [3.63, 3.8) is 0 Å². The number of carbonyl (C=O) groups excluding carboxylic acids is 1. The number of amides is 1. The maximum absolute atomic E-state index is 12.7. The van der Waals surface area contributed by atoms with Crippen LogP contribution in [0.25, 0.3) is 0 Å². The predicted molar refractivity (Wildman–Crippen MR) is 88.7 cm³/mol. The van der Waals surface area contributed by atoms with E-state index in [9.17, 15) is 13.2 Å². The van der Waals surface area contributed by atoms with Crippen LogP contribution in [0.1, 0.15) is 33.1 Å². The molecule has 0 radical (unpaired) electrons. The second-order valence-corrected chi connectivity index (χ2v) is 8.65. The zero-order valence-corrected chi connectivity index (χ0v) is 15.0. The predicted octanol–water partition coefficient (Wildman–Crippen LogP) is 0.0275. The molecule has 23 heavy (non-hydrogen) atoms. The van der Waals surface area contributed by atoms with Gasteiger partial charge in [0.1, 0.15) is 0 Å². The zero-order valence-electron chi connectivity index (χ0n) is 14.2. The van der Waals surface area contributed by atoms with E-state index in [0.29, 0.717) is 39.3 Å². The molecule has 2 rings (SSSR count). The van der Waals surface area contributed by atoms with Crippen LogP contribution in [-0.4, -0.2) is 80.8 Å². The summed E-state index contributed by atoms with van der Waals surface area (Å²) in [5.74, 6) is -0.0243. The first-order valence-corrected chi connectivity index (χ1v) is 10.0. The molecule has 2 fully saturated rings. The van der Waals surface area contributed by atoms with Crippen LogP contribution in [0, 0.1) is 0 Å². The van der Waals surface area contributed by atoms with Gasteiger partial charge in [0.15, 0.2) is 0 Å². The van der Waals surface area contributed by atoms with E-state index in [-0.39, 0.29) is 18.5 Å². The quantitative estimate of drug-likeness (QED) is 0.733. The Balaban J connectivity index is 1.90. The molecule has 2 aliphatic heterocycles. The van der Waals surface area contributed by atoms with Crippen molar-refractivity contribution in [1.82, 2.24) is 14.5 Å². The molecule has 2 aliphatic rings. The fourth-order valence-electron chi connectivity index (χ4n) is 3.04. The maximum Gasteiger partial charge on any atom is 0.234 e. The minimum atomic E-state index is -3.30. The summed E-state index contributed by atoms with van der Waals surface area (Å²) in [5, 5.41) is 2.53. The van der Waals surface area contributed by atoms with Gasteiger partial charge in [-0.2, -0.15) is 4.31 Å². The van der Waals surface area contributed by atoms with Gasteiger partial charge in [0.25, 0.3) is 0 Å². The van der Waals surface area contributed by atoms with Crippen molar-refractivity contribution in [2.45, 2.75) is 44.4 Å². The molecule has 7 nitrogen and oxygen atoms in total. The highest BCUT2D eigenvalue weighted by atomic mass is 32.2. The van der Waals surface area contributed by atoms with Crippen molar-refractivity contribution in [3.8, 4) is 0 Å². The Hall–Kier alpha value is -0.700. The number of morpholine rings is 1. The van der Waals surface area contributed by atoms with Crippen molar-refractivity contribution >= 4 is 15.9 Å². The molecule has 1 N–H and O–H groups in total. The molecule has 8 heteroatoms. The minimum Gasteiger partial charge on any atom is -0.379 e. The first kappa shape index (κ1) is 18.6. The Labute approximate surface area is 139 Å². The fraction of sp³-hybridized carbons (Fsp3) is 0.933. The summed E-state index contributed by atoms with van der Waals surface area (Å²) in [7, 11) is -3.30. The number of piperidine rings is 1. The first-order valence-electron chi connectivity index (χ1n) is 8.52. The third-order valence-corrected chi connectivity index (χ3v) is 6.91. The number of nitrogens with one attached hydrogen (secondary N) is 1. The average molecular weight is 347 g/mol. The van der Waals surface area contributed by atoms with Crippen molar-refractivity contribution in [1.29, 1.82) is 0 Å². The van der Waals surface area contributed by atoms with E-state index in [1.54, 1.807) is 4.31 Å². The van der Waals surface area contributed by atoms with Gasteiger partial charge in [-0.15, -0.1) is 0 Å². The molecular weight excluding hydrogens is 318 g/mol. The van der Waals surface area contributed by atoms with Crippen molar-refractivity contribution < 1.29 is 17.9 Å². The number of rotatable bonds is 6. The number of hydrogen-bond acceptors (Lipinski definition) is 5. The number of carbonyl (C=O) groups is 1. The van der Waals surface area contributed by atoms with Gasteiger partial charge in [-0.3, -0.25) is 9.69 Å². The Morgan fingerprint density at radius 1 is 1.30 bits per heavy atom. The molecule has 0 aromatic heterocycles. The van der Waals surface area contributed by atoms with E-state index >= 15 is 0 Å². The number of nitrogens with zero attached hydrogens (tertiary/aromatic N) is 2. The van der Waals surface area contributed by atoms with Crippen LogP contribution >= 0.6 is 0 Å². The van der Waals surface area contributed by atoms with E-state index in [1.165, 1.54) is 0 Å². The first-order chi connectivity index (χ1) is 10.9. The van der Waals surface area contributed by atoms with E-state index in [4.69, 9.17) is 4.74 Å². The lowest BCUT2D eigenvalue weighted by atomic mass is 10.1. The minimum absolute atomic E-state index is 0.0243. The van der Waals surface area contributed by atoms with Crippen LogP contribution in [0.3, 0.4) is 0 Å². The Kier molecular flexibility index (Phi) is 6.82. The highest BCUT2D eigenvalue weighted by molar-refractivity contribution is 7.89. The fourth-order valence-corrected chi connectivity index (χ4v) is 4.98. The molecule has 0 saturated carbocycles. The van der Waals surface area contributed by atoms with Gasteiger partial charge in [-0.05, 0) is 32.7 Å². The lowest BCUT2D eigenvalue weighted by Crippen LogP contribution is -2.52. The smallest absolute Gasteiger partial charge is 0.234 e. The topological polar surface area (TPSA) is 79.0 Å². The third-order valence-electron chi connectivity index (χ3n) is 4.60. The SMILES string of the molecule is CCC(C)NC(=O)CN1CCCC(S(=O)(=O)N2CCOCC2)C1. The summed E-state index contributed by atoms with van der Waals surface area (Å²) in [4.78, 5) is 14.0. The number of ether oxygens (including phenoxy) is 1. The zero-order chi connectivity index (χ0) is 16.9. The van der Waals surface area contributed by atoms with E-state index in [0.717, 1.165) is 19.4 Å². The standard InChI is InChI=1S/C15H29N3O4S/c1-3-13(2)16-15(19)12-17-6-4-5-14(11-17)23(20,21)18-7-9-22-10-8-18/h13-14H,3-12H2,1-2H3,(H,16,19). The van der Waals surface area contributed by atoms with E-state index in [2.05, 4.69) is 5.32 Å². The number of hydrogen-bond donors (Lipinski definition) is 1. The number of likely N-dealkylation sites (tertiary alicyclic amines) is 1. The summed E-state index contributed by atoms with van der Waals surface area (Å²) in [5.41, 5.74) is 0. The van der Waals surface area contributed by atoms with E-state index < -0.39 is 15.3 Å². The van der Waals surface area contributed by atoms with Crippen molar-refractivity contribution in [2.24, 2.45) is 0 Å². The highest BCUT2D eigenvalue weighted by Crippen LogP contribution is 2.21. The maximum atomic E-state index is 12.7. The molecule has 0 aromatic rings. The summed E-state index contributed by atoms with van der Waals surface area (Å²) in [6.07, 6.45) is 2.37. The van der Waals surface area contributed by atoms with Gasteiger partial charge >= 0.3 is 0 Å². The van der Waals surface area contributed by atoms with Crippen LogP contribution in [0.2, 0.25) is 0 Å².